The number of likely N-dealkylation sites (tertiary alicyclic amines) is 1. The van der Waals surface area contributed by atoms with E-state index in [0.29, 0.717) is 68.4 Å². The summed E-state index contributed by atoms with van der Waals surface area (Å²) in [5.41, 5.74) is 12.8. The molecular weight excluding hydrogens is 845 g/mol. The van der Waals surface area contributed by atoms with Crippen molar-refractivity contribution in [3.63, 3.8) is 0 Å². The lowest BCUT2D eigenvalue weighted by Crippen LogP contribution is -2.51. The second kappa shape index (κ2) is 27.6. The summed E-state index contributed by atoms with van der Waals surface area (Å²) in [7, 11) is 3.76. The number of hydrogen-bond acceptors (Lipinski definition) is 12. The number of carbonyl (C=O) groups excluding carboxylic acids is 8. The maximum Gasteiger partial charge on any atom is 0.243 e. The first kappa shape index (κ1) is 53.6. The smallest absolute Gasteiger partial charge is 0.243 e. The molecule has 0 radical (unpaired) electrons. The fourth-order valence-corrected chi connectivity index (χ4v) is 9.97. The molecular formula is C49H74N8O9. The molecule has 5 aliphatic rings. The van der Waals surface area contributed by atoms with Crippen LogP contribution in [0.4, 0.5) is 0 Å². The first-order chi connectivity index (χ1) is 31.7. The zero-order valence-electron chi connectivity index (χ0n) is 39.2. The summed E-state index contributed by atoms with van der Waals surface area (Å²) in [4.78, 5) is 96.9. The molecule has 7 atom stereocenters. The third-order valence-corrected chi connectivity index (χ3v) is 13.9. The topological polar surface area (TPSA) is 255 Å². The van der Waals surface area contributed by atoms with Crippen molar-refractivity contribution < 1.29 is 43.5 Å². The number of nitrogens with two attached hydrogens (primary N) is 2. The first-order valence-corrected chi connectivity index (χ1v) is 24.0. The van der Waals surface area contributed by atoms with Crippen LogP contribution in [0, 0.1) is 23.7 Å². The summed E-state index contributed by atoms with van der Waals surface area (Å²) >= 11 is 0. The van der Waals surface area contributed by atoms with Crippen LogP contribution in [0.15, 0.2) is 18.2 Å². The summed E-state index contributed by atoms with van der Waals surface area (Å²) in [6.45, 7) is 4.10. The van der Waals surface area contributed by atoms with Crippen molar-refractivity contribution in [3.05, 3.63) is 34.9 Å². The molecule has 5 fully saturated rings. The Morgan fingerprint density at radius 2 is 1.73 bits per heavy atom. The number of aliphatic hydroxyl groups excluding tert-OH is 1. The SMILES string of the molecule is CC1CCC2CC(O)CCC(N)C(=O)N12.CNC(C(=O)N1CCC(CCC#Cc2cccc(C=O)c2CN(C)C2CCC(=O)NC2=O)CC1)C1CCCCC1.NC(=O)CCC(C=O)NC=O. The normalized spacial score (nSPS) is 24.6. The predicted octanol–water partition coefficient (Wildman–Crippen LogP) is 2.08. The minimum absolute atomic E-state index is 0.0481. The van der Waals surface area contributed by atoms with Crippen LogP contribution in [0.3, 0.4) is 0 Å². The number of likely N-dealkylation sites (N-methyl/N-ethyl adjacent to an activating group) is 2. The van der Waals surface area contributed by atoms with Crippen molar-refractivity contribution in [1.82, 2.24) is 30.7 Å². The van der Waals surface area contributed by atoms with Crippen molar-refractivity contribution in [3.8, 4) is 11.8 Å². The van der Waals surface area contributed by atoms with E-state index in [1.54, 1.807) is 6.07 Å². The number of imide groups is 1. The summed E-state index contributed by atoms with van der Waals surface area (Å²) < 4.78 is 0. The number of benzene rings is 1. The van der Waals surface area contributed by atoms with Gasteiger partial charge < -0.3 is 41.8 Å². The first-order valence-electron chi connectivity index (χ1n) is 24.0. The molecule has 4 heterocycles. The molecule has 1 aromatic rings. The number of amides is 6. The standard InChI is InChI=1S/C32H44N4O4.C11H20N2O2.C6H10N2O3/c1-33-30(25-11-4-3-5-12-25)32(40)36-19-17-23(18-20-36)9-6-7-10-24-13-8-14-26(22-37)27(24)21-35(2)28-15-16-29(38)34-31(28)39;1-7-2-3-8-6-9(14)4-5-10(12)11(15)13(7)8;7-6(11)2-1-5(3-9)8-4-10/h8,13-14,22-23,25,28,30,33H,3-6,9,11-12,15-21H2,1-2H3,(H,34,38,39);7-10,14H,2-6,12H2,1H3;3-5H,1-2H2,(H2,7,11)(H,8,10). The van der Waals surface area contributed by atoms with Crippen LogP contribution in [0.1, 0.15) is 144 Å². The Hall–Kier alpha value is -5.02. The molecule has 1 aliphatic carbocycles. The number of aldehydes is 2. The van der Waals surface area contributed by atoms with Gasteiger partial charge in [0.2, 0.25) is 35.9 Å². The Labute approximate surface area is 390 Å². The molecule has 364 valence electrons. The molecule has 6 rings (SSSR count). The molecule has 4 aliphatic heterocycles. The van der Waals surface area contributed by atoms with Crippen LogP contribution in [0.25, 0.3) is 0 Å². The summed E-state index contributed by atoms with van der Waals surface area (Å²) in [5.74, 6) is 6.95. The van der Waals surface area contributed by atoms with Gasteiger partial charge >= 0.3 is 0 Å². The lowest BCUT2D eigenvalue weighted by atomic mass is 9.83. The van der Waals surface area contributed by atoms with Gasteiger partial charge in [-0.25, -0.2) is 0 Å². The highest BCUT2D eigenvalue weighted by atomic mass is 16.3. The van der Waals surface area contributed by atoms with Crippen molar-refractivity contribution in [2.24, 2.45) is 23.3 Å². The van der Waals surface area contributed by atoms with Crippen molar-refractivity contribution in [2.75, 3.05) is 27.2 Å². The zero-order valence-corrected chi connectivity index (χ0v) is 39.2. The second-order valence-electron chi connectivity index (χ2n) is 18.6. The molecule has 4 saturated heterocycles. The molecule has 0 aromatic heterocycles. The van der Waals surface area contributed by atoms with Gasteiger partial charge in [-0.3, -0.25) is 43.8 Å². The minimum Gasteiger partial charge on any atom is -0.393 e. The monoisotopic (exact) mass is 919 g/mol. The Kier molecular flexibility index (Phi) is 22.4. The van der Waals surface area contributed by atoms with Gasteiger partial charge in [-0.05, 0) is 122 Å². The molecule has 17 heteroatoms. The van der Waals surface area contributed by atoms with Crippen LogP contribution in [-0.2, 0) is 40.1 Å². The molecule has 8 N–H and O–H groups in total. The zero-order chi connectivity index (χ0) is 48.2. The van der Waals surface area contributed by atoms with Gasteiger partial charge in [0.15, 0.2) is 0 Å². The highest BCUT2D eigenvalue weighted by Crippen LogP contribution is 2.31. The van der Waals surface area contributed by atoms with E-state index < -0.39 is 24.0 Å². The van der Waals surface area contributed by atoms with Gasteiger partial charge in [0, 0.05) is 62.1 Å². The van der Waals surface area contributed by atoms with Crippen molar-refractivity contribution in [1.29, 1.82) is 0 Å². The van der Waals surface area contributed by atoms with Crippen LogP contribution < -0.4 is 27.4 Å². The van der Waals surface area contributed by atoms with E-state index in [2.05, 4.69) is 39.6 Å². The Morgan fingerprint density at radius 3 is 2.36 bits per heavy atom. The van der Waals surface area contributed by atoms with E-state index in [-0.39, 0.29) is 54.7 Å². The number of fused-ring (bicyclic) bond motifs is 1. The Bertz CT molecular complexity index is 1870. The maximum absolute atomic E-state index is 13.2. The van der Waals surface area contributed by atoms with E-state index >= 15 is 0 Å². The predicted molar refractivity (Wildman–Crippen MR) is 249 cm³/mol. The maximum atomic E-state index is 13.2. The van der Waals surface area contributed by atoms with Crippen LogP contribution >= 0.6 is 0 Å². The average molecular weight is 919 g/mol. The molecule has 1 aromatic carbocycles. The number of hydrogen-bond donors (Lipinski definition) is 6. The number of aliphatic hydroxyl groups is 1. The molecule has 7 unspecified atom stereocenters. The van der Waals surface area contributed by atoms with Crippen LogP contribution in [-0.4, -0.2) is 138 Å². The summed E-state index contributed by atoms with van der Waals surface area (Å²) in [5, 5.41) is 17.7. The van der Waals surface area contributed by atoms with E-state index in [4.69, 9.17) is 11.5 Å². The number of nitrogens with zero attached hydrogens (tertiary/aromatic N) is 3. The lowest BCUT2D eigenvalue weighted by molar-refractivity contribution is -0.138. The van der Waals surface area contributed by atoms with Gasteiger partial charge in [0.25, 0.3) is 0 Å². The van der Waals surface area contributed by atoms with Gasteiger partial charge in [0.1, 0.15) is 12.6 Å². The van der Waals surface area contributed by atoms with E-state index in [1.165, 1.54) is 19.3 Å². The summed E-state index contributed by atoms with van der Waals surface area (Å²) in [6.07, 6.45) is 16.5. The average Bonchev–Trinajstić information content (AvgIpc) is 3.67. The Morgan fingerprint density at radius 1 is 1.00 bits per heavy atom. The molecule has 0 bridgehead atoms. The lowest BCUT2D eigenvalue weighted by Gasteiger charge is -2.37. The fraction of sp³-hybridized carbons (Fsp3) is 0.673. The third kappa shape index (κ3) is 16.1. The van der Waals surface area contributed by atoms with Gasteiger partial charge in [0.05, 0.1) is 30.3 Å². The van der Waals surface area contributed by atoms with Crippen molar-refractivity contribution in [2.45, 2.75) is 171 Å². The largest absolute Gasteiger partial charge is 0.393 e. The number of piperidine rings is 2. The number of nitrogens with one attached hydrogen (secondary N) is 3. The molecule has 17 nitrogen and oxygen atoms in total. The fourth-order valence-electron chi connectivity index (χ4n) is 9.97. The Balaban J connectivity index is 0.000000297. The summed E-state index contributed by atoms with van der Waals surface area (Å²) in [6, 6.07) is 4.56. The minimum atomic E-state index is -0.597. The van der Waals surface area contributed by atoms with E-state index in [0.717, 1.165) is 88.3 Å². The van der Waals surface area contributed by atoms with Gasteiger partial charge in [-0.1, -0.05) is 43.2 Å². The number of primary amides is 1. The van der Waals surface area contributed by atoms with Gasteiger partial charge in [-0.15, -0.1) is 0 Å². The third-order valence-electron chi connectivity index (χ3n) is 13.9. The van der Waals surface area contributed by atoms with Crippen LogP contribution in [0.5, 0.6) is 0 Å². The quantitative estimate of drug-likeness (QED) is 0.0841. The highest BCUT2D eigenvalue weighted by molar-refractivity contribution is 6.00. The van der Waals surface area contributed by atoms with Gasteiger partial charge in [-0.2, -0.15) is 0 Å². The number of rotatable bonds is 15. The molecule has 1 saturated carbocycles. The van der Waals surface area contributed by atoms with E-state index in [9.17, 15) is 43.5 Å². The van der Waals surface area contributed by atoms with E-state index in [1.807, 2.05) is 36.0 Å². The van der Waals surface area contributed by atoms with Crippen LogP contribution in [0.2, 0.25) is 0 Å². The second-order valence-corrected chi connectivity index (χ2v) is 18.6. The van der Waals surface area contributed by atoms with Crippen molar-refractivity contribution >= 4 is 48.5 Å². The molecule has 66 heavy (non-hydrogen) atoms. The highest BCUT2D eigenvalue weighted by Gasteiger charge is 2.39. The molecule has 6 amide bonds. The molecule has 0 spiro atoms. The number of carbonyl (C=O) groups is 8.